The van der Waals surface area contributed by atoms with Crippen molar-refractivity contribution >= 4 is 41.2 Å². The number of nitriles is 1. The summed E-state index contributed by atoms with van der Waals surface area (Å²) < 4.78 is 28.6. The molecule has 9 nitrogen and oxygen atoms in total. The van der Waals surface area contributed by atoms with E-state index in [1.165, 1.54) is 12.1 Å². The second kappa shape index (κ2) is 10.4. The van der Waals surface area contributed by atoms with Gasteiger partial charge in [-0.3, -0.25) is 0 Å². The lowest BCUT2D eigenvalue weighted by Gasteiger charge is -2.12. The normalized spacial score (nSPS) is 11.0. The molecule has 34 heavy (non-hydrogen) atoms. The van der Waals surface area contributed by atoms with E-state index in [9.17, 15) is 8.42 Å². The van der Waals surface area contributed by atoms with Gasteiger partial charge in [0.2, 0.25) is 16.0 Å². The first-order valence-electron chi connectivity index (χ1n) is 10.2. The number of nitrogens with one attached hydrogen (secondary N) is 2. The number of hydrogen-bond donors (Lipinski definition) is 3. The van der Waals surface area contributed by atoms with Crippen molar-refractivity contribution in [3.63, 3.8) is 0 Å². The number of anilines is 4. The van der Waals surface area contributed by atoms with Crippen molar-refractivity contribution in [2.75, 3.05) is 17.2 Å². The molecule has 0 radical (unpaired) electrons. The van der Waals surface area contributed by atoms with Crippen molar-refractivity contribution in [1.82, 2.24) is 9.97 Å². The van der Waals surface area contributed by atoms with Crippen LogP contribution in [0.2, 0.25) is 19.6 Å². The Balaban J connectivity index is 1.92. The van der Waals surface area contributed by atoms with Gasteiger partial charge in [-0.05, 0) is 42.5 Å². The minimum absolute atomic E-state index is 0.0211. The van der Waals surface area contributed by atoms with E-state index in [4.69, 9.17) is 15.1 Å². The third-order valence-electron chi connectivity index (χ3n) is 4.20. The molecule has 0 fully saturated rings. The molecule has 2 aromatic carbocycles. The maximum Gasteiger partial charge on any atom is 0.238 e. The molecule has 4 N–H and O–H groups in total. The summed E-state index contributed by atoms with van der Waals surface area (Å²) in [6, 6.07) is 15.1. The Hall–Kier alpha value is -3.90. The molecule has 1 aromatic heterocycles. The van der Waals surface area contributed by atoms with Gasteiger partial charge in [0.1, 0.15) is 19.9 Å². The lowest BCUT2D eigenvalue weighted by Crippen LogP contribution is -2.16. The molecule has 0 aliphatic rings. The van der Waals surface area contributed by atoms with Gasteiger partial charge in [-0.2, -0.15) is 10.2 Å². The summed E-state index contributed by atoms with van der Waals surface area (Å²) in [6.45, 7) is 6.39. The predicted molar refractivity (Wildman–Crippen MR) is 134 cm³/mol. The molecular formula is C23H24N6O3SSi. The van der Waals surface area contributed by atoms with E-state index < -0.39 is 18.1 Å². The zero-order valence-electron chi connectivity index (χ0n) is 19.0. The number of primary sulfonamides is 1. The lowest BCUT2D eigenvalue weighted by molar-refractivity contribution is 0.368. The molecule has 0 aliphatic carbocycles. The topological polar surface area (TPSA) is 143 Å². The first kappa shape index (κ1) is 24.7. The number of nitrogens with two attached hydrogens (primary N) is 1. The molecule has 0 saturated carbocycles. The molecule has 174 valence electrons. The highest BCUT2D eigenvalue weighted by Crippen LogP contribution is 2.24. The summed E-state index contributed by atoms with van der Waals surface area (Å²) >= 11 is 0. The molecule has 3 rings (SSSR count). The van der Waals surface area contributed by atoms with E-state index >= 15 is 0 Å². The summed E-state index contributed by atoms with van der Waals surface area (Å²) in [4.78, 5) is 8.87. The Bertz CT molecular complexity index is 1390. The Morgan fingerprint density at radius 3 is 2.47 bits per heavy atom. The Morgan fingerprint density at radius 1 is 1.09 bits per heavy atom. The van der Waals surface area contributed by atoms with E-state index in [-0.39, 0.29) is 17.5 Å². The Kier molecular flexibility index (Phi) is 7.53. The molecule has 0 bridgehead atoms. The summed E-state index contributed by atoms with van der Waals surface area (Å²) in [5.74, 6) is 4.48. The molecular weight excluding hydrogens is 468 g/mol. The second-order valence-corrected chi connectivity index (χ2v) is 14.6. The molecule has 0 unspecified atom stereocenters. The van der Waals surface area contributed by atoms with Gasteiger partial charge in [0.05, 0.1) is 16.7 Å². The number of benzene rings is 2. The fourth-order valence-corrected chi connectivity index (χ4v) is 3.72. The van der Waals surface area contributed by atoms with Crippen LogP contribution in [-0.2, 0) is 10.0 Å². The number of hydrogen-bond acceptors (Lipinski definition) is 8. The highest BCUT2D eigenvalue weighted by molar-refractivity contribution is 7.89. The first-order valence-corrected chi connectivity index (χ1v) is 15.2. The van der Waals surface area contributed by atoms with Gasteiger partial charge in [0, 0.05) is 11.4 Å². The fraction of sp³-hybridized carbons (Fsp3) is 0.174. The van der Waals surface area contributed by atoms with Gasteiger partial charge in [0.15, 0.2) is 12.4 Å². The van der Waals surface area contributed by atoms with Crippen molar-refractivity contribution in [3.8, 4) is 23.3 Å². The third kappa shape index (κ3) is 7.32. The van der Waals surface area contributed by atoms with Crippen LogP contribution in [0.5, 0.6) is 5.75 Å². The van der Waals surface area contributed by atoms with Crippen LogP contribution in [0.25, 0.3) is 0 Å². The number of nitrogens with zero attached hydrogens (tertiary/aromatic N) is 3. The van der Waals surface area contributed by atoms with E-state index in [1.54, 1.807) is 42.6 Å². The zero-order valence-corrected chi connectivity index (χ0v) is 20.8. The number of rotatable bonds is 7. The van der Waals surface area contributed by atoms with Crippen LogP contribution in [0.15, 0.2) is 59.6 Å². The molecule has 1 heterocycles. The zero-order chi connectivity index (χ0) is 24.8. The number of sulfonamides is 1. The summed E-state index contributed by atoms with van der Waals surface area (Å²) in [7, 11) is -5.49. The molecule has 0 amide bonds. The van der Waals surface area contributed by atoms with Crippen LogP contribution in [0, 0.1) is 22.8 Å². The summed E-state index contributed by atoms with van der Waals surface area (Å²) in [5.41, 5.74) is 5.14. The van der Waals surface area contributed by atoms with Crippen LogP contribution in [0.4, 0.5) is 23.1 Å². The average molecular weight is 493 g/mol. The van der Waals surface area contributed by atoms with Crippen LogP contribution < -0.4 is 20.5 Å². The Morgan fingerprint density at radius 2 is 1.82 bits per heavy atom. The SMILES string of the molecule is C[Si](C)(C)C#Cc1cnc(Nc2cccc(S(N)(=O)=O)c2)nc1Nc1ccc(OCC#N)cc1. The van der Waals surface area contributed by atoms with Crippen molar-refractivity contribution in [1.29, 1.82) is 5.26 Å². The van der Waals surface area contributed by atoms with E-state index in [2.05, 4.69) is 51.7 Å². The quantitative estimate of drug-likeness (QED) is 0.334. The van der Waals surface area contributed by atoms with Gasteiger partial charge in [0.25, 0.3) is 0 Å². The van der Waals surface area contributed by atoms with Gasteiger partial charge < -0.3 is 15.4 Å². The van der Waals surface area contributed by atoms with E-state index in [0.29, 0.717) is 22.8 Å². The van der Waals surface area contributed by atoms with Gasteiger partial charge in [-0.1, -0.05) is 31.6 Å². The molecule has 0 spiro atoms. The average Bonchev–Trinajstić information content (AvgIpc) is 2.77. The van der Waals surface area contributed by atoms with E-state index in [1.807, 2.05) is 6.07 Å². The van der Waals surface area contributed by atoms with Crippen LogP contribution in [0.3, 0.4) is 0 Å². The van der Waals surface area contributed by atoms with Crippen LogP contribution in [-0.4, -0.2) is 33.1 Å². The standard InChI is InChI=1S/C23H24N6O3SSi/c1-34(2,3)14-11-17-16-26-23(28-19-5-4-6-21(15-19)33(25,30)31)29-22(17)27-18-7-9-20(10-8-18)32-13-12-24/h4-10,15-16H,13H2,1-3H3,(H2,25,30,31)(H2,26,27,28,29). The maximum absolute atomic E-state index is 11.6. The largest absolute Gasteiger partial charge is 0.479 e. The first-order chi connectivity index (χ1) is 16.0. The van der Waals surface area contributed by atoms with Crippen molar-refractivity contribution in [2.24, 2.45) is 5.14 Å². The number of ether oxygens (including phenoxy) is 1. The van der Waals surface area contributed by atoms with Crippen molar-refractivity contribution in [3.05, 3.63) is 60.3 Å². The third-order valence-corrected chi connectivity index (χ3v) is 5.99. The van der Waals surface area contributed by atoms with Crippen LogP contribution >= 0.6 is 0 Å². The fourth-order valence-electron chi connectivity index (χ4n) is 2.65. The molecule has 0 saturated heterocycles. The highest BCUT2D eigenvalue weighted by Gasteiger charge is 2.12. The van der Waals surface area contributed by atoms with Gasteiger partial charge >= 0.3 is 0 Å². The van der Waals surface area contributed by atoms with E-state index in [0.717, 1.165) is 5.69 Å². The van der Waals surface area contributed by atoms with Crippen molar-refractivity contribution < 1.29 is 13.2 Å². The molecule has 11 heteroatoms. The molecule has 3 aromatic rings. The summed E-state index contributed by atoms with van der Waals surface area (Å²) in [6.07, 6.45) is 1.61. The second-order valence-electron chi connectivity index (χ2n) is 8.25. The monoisotopic (exact) mass is 492 g/mol. The Labute approximate surface area is 200 Å². The number of aromatic nitrogens is 2. The molecule has 0 atom stereocenters. The minimum Gasteiger partial charge on any atom is -0.479 e. The minimum atomic E-state index is -3.84. The maximum atomic E-state index is 11.6. The molecule has 0 aliphatic heterocycles. The lowest BCUT2D eigenvalue weighted by atomic mass is 10.2. The highest BCUT2D eigenvalue weighted by atomic mass is 32.2. The van der Waals surface area contributed by atoms with Crippen LogP contribution in [0.1, 0.15) is 5.56 Å². The predicted octanol–water partition coefficient (Wildman–Crippen LogP) is 3.74. The smallest absolute Gasteiger partial charge is 0.238 e. The van der Waals surface area contributed by atoms with Crippen molar-refractivity contribution in [2.45, 2.75) is 24.5 Å². The summed E-state index contributed by atoms with van der Waals surface area (Å²) in [5, 5.41) is 20.1. The van der Waals surface area contributed by atoms with Gasteiger partial charge in [-0.25, -0.2) is 18.5 Å². The van der Waals surface area contributed by atoms with Gasteiger partial charge in [-0.15, -0.1) is 5.54 Å².